The summed E-state index contributed by atoms with van der Waals surface area (Å²) < 4.78 is 3.29. The van der Waals surface area contributed by atoms with Gasteiger partial charge >= 0.3 is 0 Å². The molecular weight excluding hydrogens is 311 g/mol. The Hall–Kier alpha value is -0.840. The third kappa shape index (κ3) is 2.84. The molecule has 0 saturated heterocycles. The fourth-order valence-corrected chi connectivity index (χ4v) is 2.17. The lowest BCUT2D eigenvalue weighted by Gasteiger charge is -1.99. The van der Waals surface area contributed by atoms with Crippen molar-refractivity contribution in [3.63, 3.8) is 0 Å². The molecule has 2 aromatic rings. The summed E-state index contributed by atoms with van der Waals surface area (Å²) in [5.74, 6) is 0. The topological polar surface area (TPSA) is 17.8 Å². The van der Waals surface area contributed by atoms with Crippen LogP contribution in [-0.4, -0.2) is 9.78 Å². The Kier molecular flexibility index (Phi) is 3.98. The zero-order chi connectivity index (χ0) is 11.4. The summed E-state index contributed by atoms with van der Waals surface area (Å²) in [4.78, 5) is 0. The van der Waals surface area contributed by atoms with Crippen molar-refractivity contribution in [2.24, 2.45) is 0 Å². The summed E-state index contributed by atoms with van der Waals surface area (Å²) in [6.07, 6.45) is 6.47. The van der Waals surface area contributed by atoms with Crippen LogP contribution < -0.4 is 0 Å². The summed E-state index contributed by atoms with van der Waals surface area (Å²) in [6, 6.07) is 8.50. The highest BCUT2D eigenvalue weighted by Crippen LogP contribution is 2.20. The summed E-state index contributed by atoms with van der Waals surface area (Å²) in [5, 5.41) is 4.37. The molecule has 3 heteroatoms. The molecule has 1 heterocycles. The fourth-order valence-electron chi connectivity index (χ4n) is 1.62. The zero-order valence-corrected chi connectivity index (χ0v) is 11.5. The first-order valence-corrected chi connectivity index (χ1v) is 6.66. The van der Waals surface area contributed by atoms with Gasteiger partial charge in [0.2, 0.25) is 0 Å². The monoisotopic (exact) mass is 326 g/mol. The van der Waals surface area contributed by atoms with E-state index in [1.54, 1.807) is 0 Å². The lowest BCUT2D eigenvalue weighted by atomic mass is 10.1. The van der Waals surface area contributed by atoms with Crippen LogP contribution in [0.1, 0.15) is 19.8 Å². The number of aromatic nitrogens is 2. The van der Waals surface area contributed by atoms with E-state index in [2.05, 4.69) is 65.1 Å². The molecule has 0 saturated carbocycles. The van der Waals surface area contributed by atoms with Crippen LogP contribution >= 0.6 is 22.6 Å². The Morgan fingerprint density at radius 1 is 1.31 bits per heavy atom. The van der Waals surface area contributed by atoms with Crippen LogP contribution in [-0.2, 0) is 6.54 Å². The van der Waals surface area contributed by atoms with Gasteiger partial charge in [0.15, 0.2) is 0 Å². The Morgan fingerprint density at radius 2 is 2.19 bits per heavy atom. The molecule has 1 aromatic carbocycles. The second kappa shape index (κ2) is 5.48. The summed E-state index contributed by atoms with van der Waals surface area (Å²) >= 11 is 2.33. The Morgan fingerprint density at radius 3 is 2.94 bits per heavy atom. The molecule has 16 heavy (non-hydrogen) atoms. The van der Waals surface area contributed by atoms with E-state index in [-0.39, 0.29) is 0 Å². The molecule has 0 aliphatic rings. The number of rotatable bonds is 4. The average molecular weight is 326 g/mol. The van der Waals surface area contributed by atoms with E-state index in [1.165, 1.54) is 27.5 Å². The molecule has 84 valence electrons. The third-order valence-corrected chi connectivity index (χ3v) is 3.20. The van der Waals surface area contributed by atoms with Gasteiger partial charge in [-0.15, -0.1) is 0 Å². The SMILES string of the molecule is CCCCn1cc(-c2cccc(I)c2)cn1. The van der Waals surface area contributed by atoms with Crippen LogP contribution in [0, 0.1) is 3.57 Å². The van der Waals surface area contributed by atoms with E-state index < -0.39 is 0 Å². The molecule has 0 spiro atoms. The van der Waals surface area contributed by atoms with Gasteiger partial charge in [-0.05, 0) is 46.7 Å². The molecule has 1 aromatic heterocycles. The van der Waals surface area contributed by atoms with Crippen molar-refractivity contribution < 1.29 is 0 Å². The first-order valence-electron chi connectivity index (χ1n) is 5.58. The highest BCUT2D eigenvalue weighted by molar-refractivity contribution is 14.1. The van der Waals surface area contributed by atoms with Crippen LogP contribution in [0.5, 0.6) is 0 Å². The van der Waals surface area contributed by atoms with Crippen molar-refractivity contribution in [2.75, 3.05) is 0 Å². The Bertz CT molecular complexity index is 462. The minimum Gasteiger partial charge on any atom is -0.272 e. The lowest BCUT2D eigenvalue weighted by molar-refractivity contribution is 0.572. The predicted octanol–water partition coefficient (Wildman–Crippen LogP) is 3.95. The Balaban J connectivity index is 2.18. The molecule has 0 atom stereocenters. The van der Waals surface area contributed by atoms with Gasteiger partial charge in [-0.25, -0.2) is 0 Å². The highest BCUT2D eigenvalue weighted by Gasteiger charge is 2.01. The fraction of sp³-hybridized carbons (Fsp3) is 0.308. The normalized spacial score (nSPS) is 10.6. The zero-order valence-electron chi connectivity index (χ0n) is 9.36. The minimum absolute atomic E-state index is 1.01. The van der Waals surface area contributed by atoms with Crippen molar-refractivity contribution >= 4 is 22.6 Å². The second-order valence-corrected chi connectivity index (χ2v) is 5.10. The molecule has 0 amide bonds. The maximum Gasteiger partial charge on any atom is 0.0568 e. The van der Waals surface area contributed by atoms with Gasteiger partial charge in [0.05, 0.1) is 6.20 Å². The minimum atomic E-state index is 1.01. The summed E-state index contributed by atoms with van der Waals surface area (Å²) in [7, 11) is 0. The first kappa shape index (κ1) is 11.6. The molecular formula is C13H15IN2. The molecule has 0 radical (unpaired) electrons. The van der Waals surface area contributed by atoms with Crippen LogP contribution in [0.25, 0.3) is 11.1 Å². The van der Waals surface area contributed by atoms with Crippen molar-refractivity contribution in [1.82, 2.24) is 9.78 Å². The standard InChI is InChI=1S/C13H15IN2/c1-2-3-7-16-10-12(9-15-16)11-5-4-6-13(14)8-11/h4-6,8-10H,2-3,7H2,1H3. The van der Waals surface area contributed by atoms with E-state index in [0.29, 0.717) is 0 Å². The molecule has 2 nitrogen and oxygen atoms in total. The molecule has 0 bridgehead atoms. The third-order valence-electron chi connectivity index (χ3n) is 2.53. The smallest absolute Gasteiger partial charge is 0.0568 e. The first-order chi connectivity index (χ1) is 7.79. The van der Waals surface area contributed by atoms with E-state index in [4.69, 9.17) is 0 Å². The average Bonchev–Trinajstić information content (AvgIpc) is 2.75. The number of hydrogen-bond donors (Lipinski definition) is 0. The van der Waals surface area contributed by atoms with Crippen molar-refractivity contribution in [2.45, 2.75) is 26.3 Å². The van der Waals surface area contributed by atoms with Gasteiger partial charge in [-0.3, -0.25) is 4.68 Å². The quantitative estimate of drug-likeness (QED) is 0.778. The second-order valence-electron chi connectivity index (χ2n) is 3.86. The molecule has 2 rings (SSSR count). The van der Waals surface area contributed by atoms with Gasteiger partial charge in [0.25, 0.3) is 0 Å². The van der Waals surface area contributed by atoms with Gasteiger partial charge in [0, 0.05) is 21.9 Å². The van der Waals surface area contributed by atoms with Crippen LogP contribution in [0.2, 0.25) is 0 Å². The van der Waals surface area contributed by atoms with Crippen molar-refractivity contribution in [1.29, 1.82) is 0 Å². The molecule has 0 N–H and O–H groups in total. The molecule has 0 fully saturated rings. The largest absolute Gasteiger partial charge is 0.272 e. The van der Waals surface area contributed by atoms with E-state index in [1.807, 2.05) is 10.9 Å². The van der Waals surface area contributed by atoms with E-state index >= 15 is 0 Å². The van der Waals surface area contributed by atoms with Crippen molar-refractivity contribution in [3.05, 3.63) is 40.2 Å². The molecule has 0 unspecified atom stereocenters. The predicted molar refractivity (Wildman–Crippen MR) is 75.3 cm³/mol. The van der Waals surface area contributed by atoms with Gasteiger partial charge in [0.1, 0.15) is 0 Å². The summed E-state index contributed by atoms with van der Waals surface area (Å²) in [6.45, 7) is 3.21. The maximum atomic E-state index is 4.37. The summed E-state index contributed by atoms with van der Waals surface area (Å²) in [5.41, 5.74) is 2.45. The van der Waals surface area contributed by atoms with E-state index in [9.17, 15) is 0 Å². The van der Waals surface area contributed by atoms with Gasteiger partial charge in [-0.2, -0.15) is 5.10 Å². The molecule has 0 aliphatic heterocycles. The number of nitrogens with zero attached hydrogens (tertiary/aromatic N) is 2. The van der Waals surface area contributed by atoms with Crippen LogP contribution in [0.4, 0.5) is 0 Å². The number of aryl methyl sites for hydroxylation is 1. The highest BCUT2D eigenvalue weighted by atomic mass is 127. The van der Waals surface area contributed by atoms with Gasteiger partial charge in [-0.1, -0.05) is 25.5 Å². The number of unbranched alkanes of at least 4 members (excludes halogenated alkanes) is 1. The Labute approximate surface area is 110 Å². The number of benzene rings is 1. The van der Waals surface area contributed by atoms with Crippen LogP contribution in [0.15, 0.2) is 36.7 Å². The number of hydrogen-bond acceptors (Lipinski definition) is 1. The van der Waals surface area contributed by atoms with E-state index in [0.717, 1.165) is 6.54 Å². The number of halogens is 1. The molecule has 0 aliphatic carbocycles. The van der Waals surface area contributed by atoms with Gasteiger partial charge < -0.3 is 0 Å². The van der Waals surface area contributed by atoms with Crippen LogP contribution in [0.3, 0.4) is 0 Å². The lowest BCUT2D eigenvalue weighted by Crippen LogP contribution is -1.96. The van der Waals surface area contributed by atoms with Crippen molar-refractivity contribution in [3.8, 4) is 11.1 Å². The maximum absolute atomic E-state index is 4.37.